The molecule has 1 aliphatic carbocycles. The Labute approximate surface area is 153 Å². The summed E-state index contributed by atoms with van der Waals surface area (Å²) in [6, 6.07) is 5.22. The highest BCUT2D eigenvalue weighted by atomic mass is 16.5. The van der Waals surface area contributed by atoms with Crippen molar-refractivity contribution in [1.29, 1.82) is 0 Å². The van der Waals surface area contributed by atoms with Crippen LogP contribution < -0.4 is 10.4 Å². The van der Waals surface area contributed by atoms with E-state index < -0.39 is 13.1 Å². The molecule has 1 fully saturated rings. The molecule has 1 heterocycles. The number of Topliss-reactive ketones (excluding diaryl/α,β-unsaturated/α-hetero) is 1. The Bertz CT molecular complexity index is 672. The molecule has 1 atom stereocenters. The maximum Gasteiger partial charge on any atom is 0.526 e. The zero-order valence-corrected chi connectivity index (χ0v) is 14.9. The average Bonchev–Trinajstić information content (AvgIpc) is 2.61. The van der Waals surface area contributed by atoms with Gasteiger partial charge in [-0.2, -0.15) is 0 Å². The van der Waals surface area contributed by atoms with Crippen molar-refractivity contribution in [2.45, 2.75) is 63.2 Å². The van der Waals surface area contributed by atoms with Gasteiger partial charge in [0.2, 0.25) is 0 Å². The van der Waals surface area contributed by atoms with E-state index >= 15 is 0 Å². The summed E-state index contributed by atoms with van der Waals surface area (Å²) in [5.41, 5.74) is 6.69. The molecule has 0 bridgehead atoms. The predicted octanol–water partition coefficient (Wildman–Crippen LogP) is 2.43. The lowest BCUT2D eigenvalue weighted by Crippen LogP contribution is -2.35. The summed E-state index contributed by atoms with van der Waals surface area (Å²) in [5.74, 6) is -0.500. The van der Waals surface area contributed by atoms with Gasteiger partial charge in [0.25, 0.3) is 0 Å². The van der Waals surface area contributed by atoms with Gasteiger partial charge in [-0.1, -0.05) is 12.1 Å². The summed E-state index contributed by atoms with van der Waals surface area (Å²) >= 11 is 0. The SMILES string of the molecule is NC1CCC(CCC(=O)C[C@H]2Cc3cccc(C(=O)O)c3OB2O)CC1. The van der Waals surface area contributed by atoms with Crippen LogP contribution in [0.25, 0.3) is 0 Å². The molecule has 0 aromatic heterocycles. The van der Waals surface area contributed by atoms with Gasteiger partial charge in [-0.05, 0) is 56.1 Å². The summed E-state index contributed by atoms with van der Waals surface area (Å²) in [5, 5.41) is 19.5. The van der Waals surface area contributed by atoms with Crippen LogP contribution in [0.15, 0.2) is 18.2 Å². The molecule has 26 heavy (non-hydrogen) atoms. The van der Waals surface area contributed by atoms with Gasteiger partial charge in [0, 0.05) is 24.7 Å². The largest absolute Gasteiger partial charge is 0.535 e. The molecule has 1 aliphatic heterocycles. The molecule has 1 aromatic carbocycles. The number of hydrogen-bond donors (Lipinski definition) is 3. The van der Waals surface area contributed by atoms with E-state index in [1.165, 1.54) is 6.07 Å². The number of rotatable bonds is 6. The number of nitrogens with two attached hydrogens (primary N) is 1. The highest BCUT2D eigenvalue weighted by Crippen LogP contribution is 2.36. The number of para-hydroxylation sites is 1. The van der Waals surface area contributed by atoms with E-state index in [0.717, 1.165) is 37.7 Å². The summed E-state index contributed by atoms with van der Waals surface area (Å²) in [7, 11) is -1.15. The number of carboxylic acids is 1. The minimum absolute atomic E-state index is 0.0434. The molecule has 4 N–H and O–H groups in total. The molecule has 6 nitrogen and oxygen atoms in total. The molecule has 7 heteroatoms. The fourth-order valence-electron chi connectivity index (χ4n) is 4.06. The topological polar surface area (TPSA) is 110 Å². The first-order valence-corrected chi connectivity index (χ1v) is 9.41. The number of benzene rings is 1. The molecule has 1 saturated carbocycles. The van der Waals surface area contributed by atoms with Crippen molar-refractivity contribution in [2.24, 2.45) is 11.7 Å². The summed E-state index contributed by atoms with van der Waals surface area (Å²) in [6.07, 6.45) is 6.36. The van der Waals surface area contributed by atoms with E-state index in [2.05, 4.69) is 0 Å². The molecule has 0 spiro atoms. The van der Waals surface area contributed by atoms with Crippen molar-refractivity contribution >= 4 is 18.9 Å². The number of ketones is 1. The standard InChI is InChI=1S/C19H26BNO5/c21-15-7-4-12(5-8-15)6-9-16(22)11-14-10-13-2-1-3-17(19(23)24)18(13)26-20(14)25/h1-3,12,14-15,25H,4-11,21H2,(H,23,24)/t12?,14-,15?/m1/s1. The number of aromatic carboxylic acids is 1. The van der Waals surface area contributed by atoms with Gasteiger partial charge in [0.05, 0.1) is 5.56 Å². The van der Waals surface area contributed by atoms with Crippen LogP contribution >= 0.6 is 0 Å². The Morgan fingerprint density at radius 3 is 2.65 bits per heavy atom. The Hall–Kier alpha value is -1.86. The van der Waals surface area contributed by atoms with Gasteiger partial charge in [0.15, 0.2) is 0 Å². The van der Waals surface area contributed by atoms with Gasteiger partial charge >= 0.3 is 13.1 Å². The summed E-state index contributed by atoms with van der Waals surface area (Å²) < 4.78 is 5.45. The molecule has 0 radical (unpaired) electrons. The number of carboxylic acid groups (broad SMARTS) is 1. The molecule has 2 aliphatic rings. The van der Waals surface area contributed by atoms with E-state index in [4.69, 9.17) is 10.4 Å². The second-order valence-corrected chi connectivity index (χ2v) is 7.63. The number of fused-ring (bicyclic) bond motifs is 1. The van der Waals surface area contributed by atoms with Crippen molar-refractivity contribution < 1.29 is 24.4 Å². The average molecular weight is 359 g/mol. The Morgan fingerprint density at radius 1 is 1.23 bits per heavy atom. The Morgan fingerprint density at radius 2 is 1.96 bits per heavy atom. The molecule has 0 saturated heterocycles. The lowest BCUT2D eigenvalue weighted by Gasteiger charge is -2.28. The van der Waals surface area contributed by atoms with Crippen molar-refractivity contribution in [3.8, 4) is 5.75 Å². The fraction of sp³-hybridized carbons (Fsp3) is 0.579. The highest BCUT2D eigenvalue weighted by molar-refractivity contribution is 6.47. The minimum atomic E-state index is -1.15. The van der Waals surface area contributed by atoms with Gasteiger partial charge in [-0.15, -0.1) is 0 Å². The third-order valence-electron chi connectivity index (χ3n) is 5.66. The quantitative estimate of drug-likeness (QED) is 0.673. The van der Waals surface area contributed by atoms with Crippen LogP contribution in [-0.4, -0.2) is 35.0 Å². The van der Waals surface area contributed by atoms with Gasteiger partial charge in [0.1, 0.15) is 11.5 Å². The van der Waals surface area contributed by atoms with Crippen LogP contribution in [0.5, 0.6) is 5.75 Å². The molecule has 1 aromatic rings. The third kappa shape index (κ3) is 4.45. The maximum atomic E-state index is 12.4. The van der Waals surface area contributed by atoms with E-state index in [1.54, 1.807) is 12.1 Å². The van der Waals surface area contributed by atoms with Crippen LogP contribution in [0.1, 0.15) is 60.9 Å². The first-order chi connectivity index (χ1) is 12.4. The van der Waals surface area contributed by atoms with Crippen LogP contribution in [0.3, 0.4) is 0 Å². The Balaban J connectivity index is 1.54. The highest BCUT2D eigenvalue weighted by Gasteiger charge is 2.37. The van der Waals surface area contributed by atoms with Crippen molar-refractivity contribution in [3.05, 3.63) is 29.3 Å². The van der Waals surface area contributed by atoms with Crippen LogP contribution in [0, 0.1) is 5.92 Å². The van der Waals surface area contributed by atoms with E-state index in [1.807, 2.05) is 0 Å². The third-order valence-corrected chi connectivity index (χ3v) is 5.66. The second-order valence-electron chi connectivity index (χ2n) is 7.63. The molecule has 140 valence electrons. The number of carbonyl (C=O) groups is 2. The monoisotopic (exact) mass is 359 g/mol. The first kappa shape index (κ1) is 18.9. The molecule has 0 amide bonds. The minimum Gasteiger partial charge on any atom is -0.535 e. The fourth-order valence-corrected chi connectivity index (χ4v) is 4.06. The van der Waals surface area contributed by atoms with Crippen LogP contribution in [-0.2, 0) is 11.2 Å². The van der Waals surface area contributed by atoms with E-state index in [9.17, 15) is 19.7 Å². The van der Waals surface area contributed by atoms with Crippen LogP contribution in [0.4, 0.5) is 0 Å². The first-order valence-electron chi connectivity index (χ1n) is 9.41. The van der Waals surface area contributed by atoms with Crippen molar-refractivity contribution in [1.82, 2.24) is 0 Å². The summed E-state index contributed by atoms with van der Waals surface area (Å²) in [6.45, 7) is 0. The normalized spacial score (nSPS) is 25.3. The zero-order valence-electron chi connectivity index (χ0n) is 14.9. The van der Waals surface area contributed by atoms with Crippen molar-refractivity contribution in [2.75, 3.05) is 0 Å². The molecule has 0 unspecified atom stereocenters. The lowest BCUT2D eigenvalue weighted by molar-refractivity contribution is -0.119. The Kier molecular flexibility index (Phi) is 5.99. The smallest absolute Gasteiger partial charge is 0.526 e. The van der Waals surface area contributed by atoms with Gasteiger partial charge in [-0.3, -0.25) is 4.79 Å². The molecular formula is C19H26BNO5. The maximum absolute atomic E-state index is 12.4. The number of carbonyl (C=O) groups excluding carboxylic acids is 1. The van der Waals surface area contributed by atoms with Crippen LogP contribution in [0.2, 0.25) is 5.82 Å². The van der Waals surface area contributed by atoms with Crippen molar-refractivity contribution in [3.63, 3.8) is 0 Å². The zero-order chi connectivity index (χ0) is 18.7. The van der Waals surface area contributed by atoms with E-state index in [0.29, 0.717) is 24.8 Å². The lowest BCUT2D eigenvalue weighted by atomic mass is 9.64. The second kappa shape index (κ2) is 8.23. The van der Waals surface area contributed by atoms with Gasteiger partial charge < -0.3 is 20.5 Å². The predicted molar refractivity (Wildman–Crippen MR) is 98.2 cm³/mol. The molecular weight excluding hydrogens is 333 g/mol. The summed E-state index contributed by atoms with van der Waals surface area (Å²) in [4.78, 5) is 23.6. The van der Waals surface area contributed by atoms with E-state index in [-0.39, 0.29) is 29.3 Å². The van der Waals surface area contributed by atoms with Gasteiger partial charge in [-0.25, -0.2) is 4.79 Å². The number of hydrogen-bond acceptors (Lipinski definition) is 5. The molecule has 3 rings (SSSR count).